The molecule has 60 heavy (non-hydrogen) atoms. The first-order valence-electron chi connectivity index (χ1n) is 20.8. The first-order chi connectivity index (χ1) is 28.3. The number of hydrogen-bond donors (Lipinski definition) is 9. The van der Waals surface area contributed by atoms with Crippen LogP contribution in [0.25, 0.3) is 11.1 Å². The van der Waals surface area contributed by atoms with Crippen molar-refractivity contribution in [2.24, 2.45) is 34.5 Å². The number of aliphatic hydroxyl groups is 1. The van der Waals surface area contributed by atoms with Gasteiger partial charge in [-0.15, -0.1) is 0 Å². The molecule has 4 amide bonds. The summed E-state index contributed by atoms with van der Waals surface area (Å²) in [6.07, 6.45) is 2.50. The number of halogens is 1. The predicted molar refractivity (Wildman–Crippen MR) is 229 cm³/mol. The molecule has 12 N–H and O–H groups in total. The average molecular weight is 853 g/mol. The van der Waals surface area contributed by atoms with Gasteiger partial charge in [-0.25, -0.2) is 0 Å². The van der Waals surface area contributed by atoms with E-state index in [0.29, 0.717) is 49.0 Å². The minimum Gasteiger partial charge on any atom is -0.403 e. The van der Waals surface area contributed by atoms with Gasteiger partial charge in [0.25, 0.3) is 5.91 Å². The van der Waals surface area contributed by atoms with Gasteiger partial charge in [-0.3, -0.25) is 19.2 Å². The monoisotopic (exact) mass is 852 g/mol. The maximum atomic E-state index is 13.7. The number of aldehydes is 1. The lowest BCUT2D eigenvalue weighted by molar-refractivity contribution is -0.199. The fourth-order valence-corrected chi connectivity index (χ4v) is 8.93. The Labute approximate surface area is 357 Å². The van der Waals surface area contributed by atoms with Crippen LogP contribution in [0.1, 0.15) is 83.5 Å². The van der Waals surface area contributed by atoms with Crippen molar-refractivity contribution < 1.29 is 38.4 Å². The molecule has 0 spiro atoms. The zero-order valence-electron chi connectivity index (χ0n) is 35.2. The third-order valence-electron chi connectivity index (χ3n) is 12.7. The summed E-state index contributed by atoms with van der Waals surface area (Å²) in [6, 6.07) is 9.50. The lowest BCUT2D eigenvalue weighted by atomic mass is 9.43. The maximum absolute atomic E-state index is 13.7. The number of rotatable bonds is 21. The summed E-state index contributed by atoms with van der Waals surface area (Å²) in [5.41, 5.74) is 18.1. The molecule has 2 bridgehead atoms. The fourth-order valence-electron chi connectivity index (χ4n) is 8.81. The van der Waals surface area contributed by atoms with E-state index in [1.54, 1.807) is 36.4 Å². The van der Waals surface area contributed by atoms with E-state index in [-0.39, 0.29) is 36.6 Å². The van der Waals surface area contributed by atoms with E-state index >= 15 is 0 Å². The average Bonchev–Trinajstić information content (AvgIpc) is 3.58. The van der Waals surface area contributed by atoms with Gasteiger partial charge in [0.1, 0.15) is 30.0 Å². The van der Waals surface area contributed by atoms with Gasteiger partial charge in [-0.1, -0.05) is 56.1 Å². The highest BCUT2D eigenvalue weighted by Gasteiger charge is 2.68. The van der Waals surface area contributed by atoms with Crippen LogP contribution in [0.5, 0.6) is 0 Å². The Kier molecular flexibility index (Phi) is 15.6. The normalized spacial score (nSPS) is 24.9. The summed E-state index contributed by atoms with van der Waals surface area (Å²) < 4.78 is 12.7. The summed E-state index contributed by atoms with van der Waals surface area (Å²) >= 11 is 6.00. The topological polar surface area (TPSA) is 262 Å². The van der Waals surface area contributed by atoms with Crippen molar-refractivity contribution in [2.75, 3.05) is 19.6 Å². The second-order valence-electron chi connectivity index (χ2n) is 17.5. The van der Waals surface area contributed by atoms with E-state index in [1.165, 1.54) is 13.8 Å². The van der Waals surface area contributed by atoms with E-state index in [1.807, 2.05) is 12.1 Å². The number of nitrogens with two attached hydrogens (primary N) is 3. The van der Waals surface area contributed by atoms with Crippen molar-refractivity contribution in [3.05, 3.63) is 59.1 Å². The van der Waals surface area contributed by atoms with Gasteiger partial charge in [0.15, 0.2) is 0 Å². The van der Waals surface area contributed by atoms with Crippen LogP contribution in [0.4, 0.5) is 0 Å². The van der Waals surface area contributed by atoms with E-state index in [0.717, 1.165) is 24.0 Å². The van der Waals surface area contributed by atoms with E-state index in [4.69, 9.17) is 38.1 Å². The zero-order valence-corrected chi connectivity index (χ0v) is 35.9. The number of amides is 4. The summed E-state index contributed by atoms with van der Waals surface area (Å²) in [5, 5.41) is 24.9. The van der Waals surface area contributed by atoms with Crippen LogP contribution in [0, 0.1) is 17.3 Å². The van der Waals surface area contributed by atoms with Crippen LogP contribution in [0.15, 0.2) is 48.5 Å². The van der Waals surface area contributed by atoms with Gasteiger partial charge >= 0.3 is 7.12 Å². The van der Waals surface area contributed by atoms with Crippen molar-refractivity contribution >= 4 is 48.6 Å². The molecular weight excluding hydrogens is 791 g/mol. The summed E-state index contributed by atoms with van der Waals surface area (Å²) in [5.74, 6) is -1.78. The molecule has 328 valence electrons. The molecule has 1 saturated heterocycles. The molecule has 2 aromatic rings. The molecule has 1 heterocycles. The van der Waals surface area contributed by atoms with Gasteiger partial charge in [-0.2, -0.15) is 0 Å². The zero-order chi connectivity index (χ0) is 44.0. The Morgan fingerprint density at radius 1 is 0.917 bits per heavy atom. The van der Waals surface area contributed by atoms with Gasteiger partial charge < -0.3 is 63.0 Å². The molecule has 0 aromatic heterocycles. The number of nitrogens with one attached hydrogen (secondary N) is 5. The molecule has 10 unspecified atom stereocenters. The fraction of sp³-hybridized carbons (Fsp3) is 0.595. The van der Waals surface area contributed by atoms with Crippen LogP contribution in [-0.4, -0.2) is 109 Å². The number of aliphatic hydroxyl groups excluding tert-OH is 1. The summed E-state index contributed by atoms with van der Waals surface area (Å²) in [7, 11) is -0.846. The van der Waals surface area contributed by atoms with E-state index in [2.05, 4.69) is 47.4 Å². The van der Waals surface area contributed by atoms with Crippen LogP contribution >= 0.6 is 11.6 Å². The quantitative estimate of drug-likeness (QED) is 0.0371. The highest BCUT2D eigenvalue weighted by molar-refractivity contribution is 6.47. The first kappa shape index (κ1) is 47.1. The standard InChI is InChI=1S/C42H62BClN8O8/c1-24(54)34(50-37(57)31(17-19-46)49-35(55)27-11-9-25(10-12-27)26-13-15-29(44)16-14-26)38(58)52-41(4,23-53)22-48-30(8-6-7-18-45)36(56)51-39(47)43-59-33-21-28-20-32(40(28,2)3)42(33,5)60-43/h9-16,23-24,28,30-34,39,48,54H,6-8,17-22,45-47H2,1-5H3,(H,49,55)(H,50,57)(H,51,56)(H,52,58). The number of carbonyl (C=O) groups excluding carboxylic acids is 5. The maximum Gasteiger partial charge on any atom is 0.497 e. The van der Waals surface area contributed by atoms with E-state index in [9.17, 15) is 29.1 Å². The molecule has 2 aromatic carbocycles. The molecular formula is C42H62BClN8O8. The second-order valence-corrected chi connectivity index (χ2v) is 18.0. The number of benzene rings is 2. The molecule has 3 saturated carbocycles. The Hall–Kier alpha value is -3.94. The van der Waals surface area contributed by atoms with Gasteiger partial charge in [0.05, 0.1) is 23.9 Å². The minimum atomic E-state index is -1.60. The molecule has 3 aliphatic carbocycles. The minimum absolute atomic E-state index is 0.0268. The van der Waals surface area contributed by atoms with E-state index < -0.39 is 72.2 Å². The lowest BCUT2D eigenvalue weighted by Gasteiger charge is -2.64. The third kappa shape index (κ3) is 10.7. The van der Waals surface area contributed by atoms with Crippen LogP contribution in [0.3, 0.4) is 0 Å². The Morgan fingerprint density at radius 2 is 1.55 bits per heavy atom. The Bertz CT molecular complexity index is 1840. The lowest BCUT2D eigenvalue weighted by Crippen LogP contribution is -2.65. The molecule has 4 fully saturated rings. The summed E-state index contributed by atoms with van der Waals surface area (Å²) in [4.78, 5) is 66.6. The smallest absolute Gasteiger partial charge is 0.403 e. The van der Waals surface area contributed by atoms with Crippen molar-refractivity contribution in [1.82, 2.24) is 26.6 Å². The number of carbonyl (C=O) groups is 5. The summed E-state index contributed by atoms with van der Waals surface area (Å²) in [6.45, 7) is 9.57. The Balaban J connectivity index is 1.18. The third-order valence-corrected chi connectivity index (χ3v) is 12.9. The van der Waals surface area contributed by atoms with Gasteiger partial charge in [0, 0.05) is 17.1 Å². The van der Waals surface area contributed by atoms with Crippen LogP contribution in [0.2, 0.25) is 5.02 Å². The SMILES string of the molecule is CC(O)C(NC(=O)C(CCN)NC(=O)c1ccc(-c2ccc(Cl)cc2)cc1)C(=O)NC(C)(C=O)CNC(CCCCN)C(=O)NC(N)B1OC2CC3CC(C3(C)C)C2(C)O1. The molecule has 1 aliphatic heterocycles. The molecule has 10 atom stereocenters. The highest BCUT2D eigenvalue weighted by Crippen LogP contribution is 2.65. The van der Waals surface area contributed by atoms with Crippen molar-refractivity contribution in [3.63, 3.8) is 0 Å². The largest absolute Gasteiger partial charge is 0.497 e. The molecule has 0 radical (unpaired) electrons. The molecule has 16 nitrogen and oxygen atoms in total. The van der Waals surface area contributed by atoms with Crippen molar-refractivity contribution in [1.29, 1.82) is 0 Å². The van der Waals surface area contributed by atoms with Crippen LogP contribution < -0.4 is 43.8 Å². The Morgan fingerprint density at radius 3 is 2.13 bits per heavy atom. The molecule has 6 rings (SSSR count). The molecule has 4 aliphatic rings. The molecule has 18 heteroatoms. The number of unbranched alkanes of at least 4 members (excludes halogenated alkanes) is 1. The van der Waals surface area contributed by atoms with Crippen molar-refractivity contribution in [2.45, 2.75) is 121 Å². The van der Waals surface area contributed by atoms with Gasteiger partial charge in [0.2, 0.25) is 17.7 Å². The second kappa shape index (κ2) is 19.8. The van der Waals surface area contributed by atoms with Crippen molar-refractivity contribution in [3.8, 4) is 11.1 Å². The van der Waals surface area contributed by atoms with Crippen LogP contribution in [-0.2, 0) is 28.5 Å². The first-order valence-corrected chi connectivity index (χ1v) is 21.2. The van der Waals surface area contributed by atoms with Gasteiger partial charge in [-0.05, 0) is 119 Å². The predicted octanol–water partition coefficient (Wildman–Crippen LogP) is 1.15. The number of hydrogen-bond acceptors (Lipinski definition) is 12. The highest BCUT2D eigenvalue weighted by atomic mass is 35.5.